The Morgan fingerprint density at radius 3 is 2.94 bits per heavy atom. The predicted molar refractivity (Wildman–Crippen MR) is 60.9 cm³/mol. The number of hydrogen-bond acceptors (Lipinski definition) is 2. The number of fused-ring (bicyclic) bond motifs is 1. The van der Waals surface area contributed by atoms with Crippen molar-refractivity contribution in [3.05, 3.63) is 35.8 Å². The van der Waals surface area contributed by atoms with Crippen LogP contribution in [-0.4, -0.2) is 16.9 Å². The number of carbonyl (C=O) groups is 1. The quantitative estimate of drug-likeness (QED) is 0.802. The van der Waals surface area contributed by atoms with Gasteiger partial charge in [-0.05, 0) is 24.7 Å². The highest BCUT2D eigenvalue weighted by Gasteiger charge is 2.13. The molecular weight excluding hydrogens is 207 g/mol. The molecule has 0 unspecified atom stereocenters. The molecule has 0 atom stereocenters. The summed E-state index contributed by atoms with van der Waals surface area (Å²) in [7, 11) is 1.79. The van der Waals surface area contributed by atoms with Crippen molar-refractivity contribution in [2.75, 3.05) is 6.54 Å². The van der Waals surface area contributed by atoms with Crippen molar-refractivity contribution < 1.29 is 9.18 Å². The van der Waals surface area contributed by atoms with Crippen molar-refractivity contribution in [1.82, 2.24) is 4.57 Å². The first-order valence-corrected chi connectivity index (χ1v) is 5.11. The van der Waals surface area contributed by atoms with Gasteiger partial charge in [0.25, 0.3) is 0 Å². The van der Waals surface area contributed by atoms with E-state index in [1.165, 1.54) is 12.1 Å². The average Bonchev–Trinajstić information content (AvgIpc) is 2.56. The van der Waals surface area contributed by atoms with Crippen LogP contribution in [0.3, 0.4) is 0 Å². The minimum Gasteiger partial charge on any atom is -0.350 e. The molecule has 0 aliphatic carbocycles. The predicted octanol–water partition coefficient (Wildman–Crippen LogP) is 1.85. The molecule has 4 heteroatoms. The van der Waals surface area contributed by atoms with Gasteiger partial charge in [-0.1, -0.05) is 0 Å². The number of aryl methyl sites for hydroxylation is 1. The molecule has 0 saturated heterocycles. The van der Waals surface area contributed by atoms with Crippen LogP contribution in [0.5, 0.6) is 0 Å². The van der Waals surface area contributed by atoms with E-state index in [1.54, 1.807) is 23.9 Å². The SMILES string of the molecule is Cn1cc(C(=O)CCN)c2ccc(F)cc21. The van der Waals surface area contributed by atoms with Crippen molar-refractivity contribution in [1.29, 1.82) is 0 Å². The van der Waals surface area contributed by atoms with Gasteiger partial charge in [0.05, 0.1) is 5.52 Å². The summed E-state index contributed by atoms with van der Waals surface area (Å²) in [6.45, 7) is 0.330. The third kappa shape index (κ3) is 1.72. The van der Waals surface area contributed by atoms with Crippen molar-refractivity contribution in [2.45, 2.75) is 6.42 Å². The van der Waals surface area contributed by atoms with Crippen LogP contribution in [0.15, 0.2) is 24.4 Å². The number of carbonyl (C=O) groups excluding carboxylic acids is 1. The number of aromatic nitrogens is 1. The molecule has 16 heavy (non-hydrogen) atoms. The van der Waals surface area contributed by atoms with E-state index in [9.17, 15) is 9.18 Å². The lowest BCUT2D eigenvalue weighted by Gasteiger charge is -1.97. The summed E-state index contributed by atoms with van der Waals surface area (Å²) in [5, 5.41) is 0.780. The highest BCUT2D eigenvalue weighted by molar-refractivity contribution is 6.08. The molecule has 0 radical (unpaired) electrons. The highest BCUT2D eigenvalue weighted by Crippen LogP contribution is 2.22. The van der Waals surface area contributed by atoms with Gasteiger partial charge in [0, 0.05) is 30.6 Å². The van der Waals surface area contributed by atoms with Crippen LogP contribution >= 0.6 is 0 Å². The van der Waals surface area contributed by atoms with Gasteiger partial charge >= 0.3 is 0 Å². The average molecular weight is 220 g/mol. The maximum Gasteiger partial charge on any atom is 0.166 e. The molecule has 3 nitrogen and oxygen atoms in total. The maximum absolute atomic E-state index is 13.1. The van der Waals surface area contributed by atoms with Crippen molar-refractivity contribution >= 4 is 16.7 Å². The lowest BCUT2D eigenvalue weighted by Crippen LogP contribution is -2.07. The van der Waals surface area contributed by atoms with Crippen LogP contribution in [0.1, 0.15) is 16.8 Å². The zero-order chi connectivity index (χ0) is 11.7. The number of halogens is 1. The second-order valence-electron chi connectivity index (χ2n) is 3.78. The number of hydrogen-bond donors (Lipinski definition) is 1. The Morgan fingerprint density at radius 2 is 2.25 bits per heavy atom. The van der Waals surface area contributed by atoms with E-state index < -0.39 is 0 Å². The number of benzene rings is 1. The standard InChI is InChI=1S/C12H13FN2O/c1-15-7-10(12(16)4-5-14)9-3-2-8(13)6-11(9)15/h2-3,6-7H,4-5,14H2,1H3. The van der Waals surface area contributed by atoms with Crippen LogP contribution in [0.25, 0.3) is 10.9 Å². The van der Waals surface area contributed by atoms with Gasteiger partial charge < -0.3 is 10.3 Å². The molecule has 1 heterocycles. The van der Waals surface area contributed by atoms with Gasteiger partial charge in [0.1, 0.15) is 5.82 Å². The van der Waals surface area contributed by atoms with E-state index in [0.29, 0.717) is 18.5 Å². The molecule has 1 aromatic heterocycles. The Bertz CT molecular complexity index is 545. The van der Waals surface area contributed by atoms with Gasteiger partial charge in [0.15, 0.2) is 5.78 Å². The summed E-state index contributed by atoms with van der Waals surface area (Å²) >= 11 is 0. The van der Waals surface area contributed by atoms with E-state index in [-0.39, 0.29) is 11.6 Å². The topological polar surface area (TPSA) is 48.0 Å². The number of nitrogens with two attached hydrogens (primary N) is 1. The van der Waals surface area contributed by atoms with Crippen LogP contribution in [0, 0.1) is 5.82 Å². The number of nitrogens with zero attached hydrogens (tertiary/aromatic N) is 1. The molecule has 2 rings (SSSR count). The largest absolute Gasteiger partial charge is 0.350 e. The molecule has 2 aromatic rings. The maximum atomic E-state index is 13.1. The van der Waals surface area contributed by atoms with Crippen LogP contribution in [0.4, 0.5) is 4.39 Å². The summed E-state index contributed by atoms with van der Waals surface area (Å²) < 4.78 is 14.8. The Hall–Kier alpha value is -1.68. The highest BCUT2D eigenvalue weighted by atomic mass is 19.1. The van der Waals surface area contributed by atoms with Crippen LogP contribution in [-0.2, 0) is 7.05 Å². The zero-order valence-electron chi connectivity index (χ0n) is 9.03. The van der Waals surface area contributed by atoms with E-state index in [4.69, 9.17) is 5.73 Å². The molecule has 1 aromatic carbocycles. The van der Waals surface area contributed by atoms with E-state index in [1.807, 2.05) is 0 Å². The van der Waals surface area contributed by atoms with Gasteiger partial charge in [-0.15, -0.1) is 0 Å². The lowest BCUT2D eigenvalue weighted by atomic mass is 10.1. The Kier molecular flexibility index (Phi) is 2.75. The molecule has 0 saturated carbocycles. The molecular formula is C12H13FN2O. The molecule has 0 amide bonds. The minimum absolute atomic E-state index is 0.000270. The second-order valence-corrected chi connectivity index (χ2v) is 3.78. The van der Waals surface area contributed by atoms with Gasteiger partial charge in [-0.2, -0.15) is 0 Å². The fraction of sp³-hybridized carbons (Fsp3) is 0.250. The molecule has 0 aliphatic heterocycles. The van der Waals surface area contributed by atoms with E-state index in [2.05, 4.69) is 0 Å². The summed E-state index contributed by atoms with van der Waals surface area (Å²) in [5.74, 6) is -0.300. The second kappa shape index (κ2) is 4.06. The summed E-state index contributed by atoms with van der Waals surface area (Å²) in [6.07, 6.45) is 2.04. The van der Waals surface area contributed by atoms with Crippen molar-refractivity contribution in [3.8, 4) is 0 Å². The van der Waals surface area contributed by atoms with Crippen LogP contribution < -0.4 is 5.73 Å². The third-order valence-electron chi connectivity index (χ3n) is 2.62. The number of Topliss-reactive ketones (excluding diaryl/α,β-unsaturated/α-hetero) is 1. The molecule has 0 fully saturated rings. The number of ketones is 1. The molecule has 84 valence electrons. The third-order valence-corrected chi connectivity index (χ3v) is 2.62. The Morgan fingerprint density at radius 1 is 1.50 bits per heavy atom. The minimum atomic E-state index is -0.300. The van der Waals surface area contributed by atoms with E-state index >= 15 is 0 Å². The van der Waals surface area contributed by atoms with Crippen LogP contribution in [0.2, 0.25) is 0 Å². The van der Waals surface area contributed by atoms with Crippen molar-refractivity contribution in [3.63, 3.8) is 0 Å². The zero-order valence-corrected chi connectivity index (χ0v) is 9.03. The van der Waals surface area contributed by atoms with E-state index in [0.717, 1.165) is 10.9 Å². The monoisotopic (exact) mass is 220 g/mol. The summed E-state index contributed by atoms with van der Waals surface area (Å²) in [6, 6.07) is 4.42. The molecule has 0 bridgehead atoms. The first kappa shape index (κ1) is 10.8. The Balaban J connectivity index is 2.59. The molecule has 2 N–H and O–H groups in total. The van der Waals surface area contributed by atoms with Crippen molar-refractivity contribution in [2.24, 2.45) is 12.8 Å². The first-order valence-electron chi connectivity index (χ1n) is 5.11. The smallest absolute Gasteiger partial charge is 0.166 e. The fourth-order valence-electron chi connectivity index (χ4n) is 1.85. The van der Waals surface area contributed by atoms with Gasteiger partial charge in [-0.3, -0.25) is 4.79 Å². The fourth-order valence-corrected chi connectivity index (χ4v) is 1.85. The molecule has 0 aliphatic rings. The molecule has 0 spiro atoms. The summed E-state index contributed by atoms with van der Waals surface area (Å²) in [5.41, 5.74) is 6.69. The summed E-state index contributed by atoms with van der Waals surface area (Å²) in [4.78, 5) is 11.8. The Labute approximate surface area is 92.7 Å². The number of rotatable bonds is 3. The normalized spacial score (nSPS) is 10.9. The van der Waals surface area contributed by atoms with Gasteiger partial charge in [0.2, 0.25) is 0 Å². The van der Waals surface area contributed by atoms with Gasteiger partial charge in [-0.25, -0.2) is 4.39 Å². The lowest BCUT2D eigenvalue weighted by molar-refractivity contribution is 0.0987. The first-order chi connectivity index (χ1) is 7.63.